The summed E-state index contributed by atoms with van der Waals surface area (Å²) in [4.78, 5) is 14.5. The van der Waals surface area contributed by atoms with E-state index in [2.05, 4.69) is 0 Å². The summed E-state index contributed by atoms with van der Waals surface area (Å²) >= 11 is 12.3. The quantitative estimate of drug-likeness (QED) is 0.840. The third-order valence-corrected chi connectivity index (χ3v) is 4.27. The second kappa shape index (κ2) is 6.15. The number of rotatable bonds is 1. The molecule has 2 atom stereocenters. The van der Waals surface area contributed by atoms with Crippen LogP contribution in [0.1, 0.15) is 51.6 Å². The molecule has 21 heavy (non-hydrogen) atoms. The highest BCUT2D eigenvalue weighted by atomic mass is 35.5. The minimum Gasteiger partial charge on any atom is -0.329 e. The fraction of sp³-hybridized carbons (Fsp3) is 0.562. The van der Waals surface area contributed by atoms with Gasteiger partial charge in [-0.05, 0) is 57.4 Å². The lowest BCUT2D eigenvalue weighted by Crippen LogP contribution is -2.51. The molecule has 0 aromatic heterocycles. The van der Waals surface area contributed by atoms with Gasteiger partial charge in [0.25, 0.3) is 0 Å². The van der Waals surface area contributed by atoms with Crippen LogP contribution in [0.25, 0.3) is 0 Å². The van der Waals surface area contributed by atoms with Crippen LogP contribution in [0, 0.1) is 0 Å². The first kappa shape index (κ1) is 16.6. The first-order valence-corrected chi connectivity index (χ1v) is 7.99. The van der Waals surface area contributed by atoms with Gasteiger partial charge in [-0.3, -0.25) is 4.79 Å². The number of carbonyl (C=O) groups excluding carboxylic acids is 1. The standard InChI is InChI=1S/C16H22Cl2N2O/c1-16(2,3)20-14(21)6-4-5-13(19)15(20)10-7-11(17)9-12(18)8-10/h7-9,13,15H,4-6,19H2,1-3H3. The molecule has 116 valence electrons. The fourth-order valence-electron chi connectivity index (χ4n) is 3.05. The molecule has 2 rings (SSSR count). The lowest BCUT2D eigenvalue weighted by molar-refractivity contribution is -0.139. The Bertz CT molecular complexity index is 519. The molecule has 1 aliphatic heterocycles. The van der Waals surface area contributed by atoms with Crippen LogP contribution in [0.2, 0.25) is 10.0 Å². The molecule has 3 nitrogen and oxygen atoms in total. The zero-order valence-electron chi connectivity index (χ0n) is 12.7. The molecule has 0 radical (unpaired) electrons. The van der Waals surface area contributed by atoms with Crippen molar-refractivity contribution in [1.29, 1.82) is 0 Å². The molecule has 1 fully saturated rings. The monoisotopic (exact) mass is 328 g/mol. The number of benzene rings is 1. The lowest BCUT2D eigenvalue weighted by Gasteiger charge is -2.43. The molecule has 1 heterocycles. The molecule has 0 saturated carbocycles. The largest absolute Gasteiger partial charge is 0.329 e. The van der Waals surface area contributed by atoms with Gasteiger partial charge in [0, 0.05) is 28.0 Å². The van der Waals surface area contributed by atoms with E-state index in [0.29, 0.717) is 16.5 Å². The predicted molar refractivity (Wildman–Crippen MR) is 87.6 cm³/mol. The Morgan fingerprint density at radius 1 is 1.19 bits per heavy atom. The maximum atomic E-state index is 12.6. The van der Waals surface area contributed by atoms with E-state index in [4.69, 9.17) is 28.9 Å². The van der Waals surface area contributed by atoms with E-state index in [1.165, 1.54) is 0 Å². The molecule has 1 aromatic carbocycles. The number of halogens is 2. The van der Waals surface area contributed by atoms with E-state index >= 15 is 0 Å². The summed E-state index contributed by atoms with van der Waals surface area (Å²) in [5.74, 6) is 0.136. The maximum absolute atomic E-state index is 12.6. The summed E-state index contributed by atoms with van der Waals surface area (Å²) < 4.78 is 0. The van der Waals surface area contributed by atoms with Crippen molar-refractivity contribution in [3.8, 4) is 0 Å². The van der Waals surface area contributed by atoms with Crippen molar-refractivity contribution in [2.45, 2.75) is 57.7 Å². The molecule has 1 aromatic rings. The third-order valence-electron chi connectivity index (χ3n) is 3.83. The van der Waals surface area contributed by atoms with E-state index in [0.717, 1.165) is 18.4 Å². The van der Waals surface area contributed by atoms with Crippen LogP contribution in [0.15, 0.2) is 18.2 Å². The second-order valence-corrected chi connectivity index (χ2v) is 7.51. The molecule has 0 spiro atoms. The van der Waals surface area contributed by atoms with E-state index < -0.39 is 0 Å². The molecule has 2 N–H and O–H groups in total. The van der Waals surface area contributed by atoms with Crippen molar-refractivity contribution in [3.05, 3.63) is 33.8 Å². The van der Waals surface area contributed by atoms with Crippen molar-refractivity contribution in [1.82, 2.24) is 4.90 Å². The Morgan fingerprint density at radius 2 is 1.76 bits per heavy atom. The smallest absolute Gasteiger partial charge is 0.223 e. The Hall–Kier alpha value is -0.770. The van der Waals surface area contributed by atoms with Gasteiger partial charge in [-0.1, -0.05) is 23.2 Å². The summed E-state index contributed by atoms with van der Waals surface area (Å²) in [6.45, 7) is 6.09. The van der Waals surface area contributed by atoms with Crippen LogP contribution < -0.4 is 5.73 Å². The van der Waals surface area contributed by atoms with E-state index in [1.54, 1.807) is 6.07 Å². The van der Waals surface area contributed by atoms with E-state index in [-0.39, 0.29) is 23.5 Å². The van der Waals surface area contributed by atoms with Crippen molar-refractivity contribution < 1.29 is 4.79 Å². The van der Waals surface area contributed by atoms with Gasteiger partial charge in [0.1, 0.15) is 0 Å². The average Bonchev–Trinajstić information content (AvgIpc) is 2.46. The lowest BCUT2D eigenvalue weighted by atomic mass is 9.92. The number of nitrogens with two attached hydrogens (primary N) is 1. The van der Waals surface area contributed by atoms with Crippen molar-refractivity contribution in [2.75, 3.05) is 0 Å². The highest BCUT2D eigenvalue weighted by molar-refractivity contribution is 6.34. The van der Waals surface area contributed by atoms with Crippen molar-refractivity contribution in [3.63, 3.8) is 0 Å². The molecule has 5 heteroatoms. The Balaban J connectivity index is 2.54. The number of hydrogen-bond donors (Lipinski definition) is 1. The van der Waals surface area contributed by atoms with Crippen LogP contribution in [-0.2, 0) is 4.79 Å². The average molecular weight is 329 g/mol. The zero-order chi connectivity index (χ0) is 15.8. The van der Waals surface area contributed by atoms with Gasteiger partial charge >= 0.3 is 0 Å². The molecule has 1 amide bonds. The van der Waals surface area contributed by atoms with Gasteiger partial charge < -0.3 is 10.6 Å². The molecule has 0 bridgehead atoms. The number of amides is 1. The maximum Gasteiger partial charge on any atom is 0.223 e. The van der Waals surface area contributed by atoms with Gasteiger partial charge in [-0.2, -0.15) is 0 Å². The topological polar surface area (TPSA) is 46.3 Å². The van der Waals surface area contributed by atoms with Gasteiger partial charge in [-0.25, -0.2) is 0 Å². The van der Waals surface area contributed by atoms with Crippen LogP contribution in [0.5, 0.6) is 0 Å². The highest BCUT2D eigenvalue weighted by Gasteiger charge is 2.39. The Kier molecular flexibility index (Phi) is 4.86. The summed E-state index contributed by atoms with van der Waals surface area (Å²) in [6.07, 6.45) is 2.17. The van der Waals surface area contributed by atoms with Crippen LogP contribution >= 0.6 is 23.2 Å². The third kappa shape index (κ3) is 3.71. The fourth-order valence-corrected chi connectivity index (χ4v) is 3.59. The van der Waals surface area contributed by atoms with Gasteiger partial charge in [0.15, 0.2) is 0 Å². The van der Waals surface area contributed by atoms with Crippen LogP contribution in [0.4, 0.5) is 0 Å². The van der Waals surface area contributed by atoms with Gasteiger partial charge in [0.05, 0.1) is 6.04 Å². The molecule has 1 saturated heterocycles. The summed E-state index contributed by atoms with van der Waals surface area (Å²) in [7, 11) is 0. The van der Waals surface area contributed by atoms with Gasteiger partial charge in [-0.15, -0.1) is 0 Å². The molecular weight excluding hydrogens is 307 g/mol. The first-order valence-electron chi connectivity index (χ1n) is 7.24. The molecule has 0 aliphatic carbocycles. The van der Waals surface area contributed by atoms with Crippen LogP contribution in [0.3, 0.4) is 0 Å². The Morgan fingerprint density at radius 3 is 2.29 bits per heavy atom. The minimum absolute atomic E-state index is 0.120. The van der Waals surface area contributed by atoms with Gasteiger partial charge in [0.2, 0.25) is 5.91 Å². The van der Waals surface area contributed by atoms with Crippen molar-refractivity contribution >= 4 is 29.1 Å². The normalized spacial score (nSPS) is 24.1. The highest BCUT2D eigenvalue weighted by Crippen LogP contribution is 2.37. The molecular formula is C16H22Cl2N2O. The predicted octanol–water partition coefficient (Wildman–Crippen LogP) is 4.17. The zero-order valence-corrected chi connectivity index (χ0v) is 14.2. The van der Waals surface area contributed by atoms with Crippen molar-refractivity contribution in [2.24, 2.45) is 5.73 Å². The summed E-state index contributed by atoms with van der Waals surface area (Å²) in [5.41, 5.74) is 6.98. The molecule has 2 unspecified atom stereocenters. The first-order chi connectivity index (χ1) is 9.70. The summed E-state index contributed by atoms with van der Waals surface area (Å²) in [6, 6.07) is 5.09. The number of nitrogens with zero attached hydrogens (tertiary/aromatic N) is 1. The SMILES string of the molecule is CC(C)(C)N1C(=O)CCCC(N)C1c1cc(Cl)cc(Cl)c1. The van der Waals surface area contributed by atoms with E-state index in [1.807, 2.05) is 37.8 Å². The van der Waals surface area contributed by atoms with E-state index in [9.17, 15) is 4.79 Å². The summed E-state index contributed by atoms with van der Waals surface area (Å²) in [5, 5.41) is 1.13. The number of hydrogen-bond acceptors (Lipinski definition) is 2. The minimum atomic E-state index is -0.307. The second-order valence-electron chi connectivity index (χ2n) is 6.64. The molecule has 1 aliphatic rings. The van der Waals surface area contributed by atoms with Crippen LogP contribution in [-0.4, -0.2) is 22.4 Å². The Labute approximate surface area is 136 Å². The number of carbonyl (C=O) groups is 1. The number of likely N-dealkylation sites (tertiary alicyclic amines) is 1.